The number of aliphatic carboxylic acids is 1. The number of aromatic nitrogens is 1. The molecule has 0 aliphatic heterocycles. The second-order valence-corrected chi connectivity index (χ2v) is 9.83. The van der Waals surface area contributed by atoms with E-state index in [2.05, 4.69) is 20.9 Å². The lowest BCUT2D eigenvalue weighted by Gasteiger charge is -2.25. The molecule has 0 unspecified atom stereocenters. The summed E-state index contributed by atoms with van der Waals surface area (Å²) >= 11 is 0. The van der Waals surface area contributed by atoms with E-state index in [1.807, 2.05) is 45.0 Å². The topological polar surface area (TPSA) is 165 Å². The molecule has 2 rings (SSSR count). The summed E-state index contributed by atoms with van der Waals surface area (Å²) < 4.78 is 11.5. The number of nitrogen functional groups attached to an aromatic ring is 1. The predicted molar refractivity (Wildman–Crippen MR) is 148 cm³/mol. The van der Waals surface area contributed by atoms with Gasteiger partial charge >= 0.3 is 12.0 Å². The highest BCUT2D eigenvalue weighted by atomic mass is 16.5. The number of amides is 3. The summed E-state index contributed by atoms with van der Waals surface area (Å²) in [6.45, 7) is 8.96. The van der Waals surface area contributed by atoms with Crippen molar-refractivity contribution in [3.8, 4) is 5.75 Å². The van der Waals surface area contributed by atoms with E-state index in [9.17, 15) is 19.5 Å². The van der Waals surface area contributed by atoms with Crippen LogP contribution in [0.4, 0.5) is 10.6 Å². The third kappa shape index (κ3) is 12.0. The van der Waals surface area contributed by atoms with Crippen LogP contribution in [0.3, 0.4) is 0 Å². The normalized spacial score (nSPS) is 13.3. The number of anilines is 1. The Kier molecular flexibility index (Phi) is 13.0. The van der Waals surface area contributed by atoms with E-state index in [0.29, 0.717) is 31.2 Å². The Balaban J connectivity index is 1.71. The number of ether oxygens (including phenoxy) is 2. The molecule has 6 N–H and O–H groups in total. The van der Waals surface area contributed by atoms with E-state index >= 15 is 0 Å². The standard InChI is InChI=1S/C28H41N5O6/c1-18(2)24(17-38-13-5-6-14-39-22-10-7-19(3)8-11-22)32-26(34)20(4)31-28(37)33-23(27(35)36)15-21-9-12-25(29)30-16-21/h7-12,16,18,20,23-24H,5-6,13-15,17H2,1-4H3,(H2,29,30)(H,32,34)(H,35,36)(H2,31,33,37)/t20-,23+,24-/m1/s1. The summed E-state index contributed by atoms with van der Waals surface area (Å²) in [5.74, 6) is -0.348. The number of carbonyl (C=O) groups excluding carboxylic acids is 2. The molecule has 3 atom stereocenters. The van der Waals surface area contributed by atoms with E-state index in [4.69, 9.17) is 15.2 Å². The number of rotatable bonds is 16. The van der Waals surface area contributed by atoms with Gasteiger partial charge in [-0.25, -0.2) is 14.6 Å². The quantitative estimate of drug-likeness (QED) is 0.202. The van der Waals surface area contributed by atoms with Crippen LogP contribution in [0, 0.1) is 12.8 Å². The van der Waals surface area contributed by atoms with Crippen LogP contribution in [0.5, 0.6) is 5.75 Å². The molecular weight excluding hydrogens is 502 g/mol. The first-order valence-corrected chi connectivity index (χ1v) is 13.1. The number of carbonyl (C=O) groups is 3. The molecule has 11 nitrogen and oxygen atoms in total. The maximum Gasteiger partial charge on any atom is 0.326 e. The van der Waals surface area contributed by atoms with Crippen molar-refractivity contribution >= 4 is 23.7 Å². The SMILES string of the molecule is Cc1ccc(OCCCCOC[C@@H](NC(=O)[C@@H](C)NC(=O)N[C@@H](Cc2ccc(N)nc2)C(=O)O)C(C)C)cc1. The number of unbranched alkanes of at least 4 members (excludes halogenated alkanes) is 1. The Hall–Kier alpha value is -3.86. The maximum atomic E-state index is 12.7. The van der Waals surface area contributed by atoms with Crippen molar-refractivity contribution in [1.82, 2.24) is 20.9 Å². The Morgan fingerprint density at radius 1 is 0.974 bits per heavy atom. The minimum atomic E-state index is -1.21. The Morgan fingerprint density at radius 2 is 1.67 bits per heavy atom. The fraction of sp³-hybridized carbons (Fsp3) is 0.500. The van der Waals surface area contributed by atoms with Gasteiger partial charge in [0.05, 0.1) is 19.3 Å². The number of aryl methyl sites for hydroxylation is 1. The maximum absolute atomic E-state index is 12.7. The van der Waals surface area contributed by atoms with E-state index in [1.54, 1.807) is 12.1 Å². The number of carboxylic acid groups (broad SMARTS) is 1. The molecule has 0 radical (unpaired) electrons. The predicted octanol–water partition coefficient (Wildman–Crippen LogP) is 2.67. The Bertz CT molecular complexity index is 1050. The fourth-order valence-electron chi connectivity index (χ4n) is 3.50. The number of benzene rings is 1. The van der Waals surface area contributed by atoms with Crippen molar-refractivity contribution in [2.45, 2.75) is 65.1 Å². The van der Waals surface area contributed by atoms with Crippen LogP contribution >= 0.6 is 0 Å². The summed E-state index contributed by atoms with van der Waals surface area (Å²) in [5.41, 5.74) is 7.33. The molecule has 1 aromatic heterocycles. The zero-order valence-electron chi connectivity index (χ0n) is 23.1. The first-order valence-electron chi connectivity index (χ1n) is 13.1. The molecule has 0 saturated heterocycles. The molecule has 0 bridgehead atoms. The van der Waals surface area contributed by atoms with Gasteiger partial charge in [0.1, 0.15) is 23.7 Å². The van der Waals surface area contributed by atoms with E-state index < -0.39 is 30.0 Å². The van der Waals surface area contributed by atoms with Crippen molar-refractivity contribution < 1.29 is 29.0 Å². The largest absolute Gasteiger partial charge is 0.494 e. The van der Waals surface area contributed by atoms with Gasteiger partial charge in [0.15, 0.2) is 0 Å². The van der Waals surface area contributed by atoms with Gasteiger partial charge in [-0.1, -0.05) is 37.6 Å². The highest BCUT2D eigenvalue weighted by molar-refractivity contribution is 5.88. The molecule has 0 fully saturated rings. The van der Waals surface area contributed by atoms with Crippen LogP contribution in [0.1, 0.15) is 44.7 Å². The van der Waals surface area contributed by atoms with Gasteiger partial charge in [-0.15, -0.1) is 0 Å². The van der Waals surface area contributed by atoms with E-state index in [-0.39, 0.29) is 18.4 Å². The van der Waals surface area contributed by atoms with Gasteiger partial charge in [-0.2, -0.15) is 0 Å². The van der Waals surface area contributed by atoms with Crippen LogP contribution in [0.25, 0.3) is 0 Å². The Labute approximate surface area is 229 Å². The second kappa shape index (κ2) is 16.2. The third-order valence-corrected chi connectivity index (χ3v) is 6.03. The van der Waals surface area contributed by atoms with E-state index in [0.717, 1.165) is 18.6 Å². The summed E-state index contributed by atoms with van der Waals surface area (Å²) in [5, 5.41) is 17.3. The van der Waals surface area contributed by atoms with Crippen LogP contribution < -0.4 is 26.4 Å². The monoisotopic (exact) mass is 543 g/mol. The number of hydrogen-bond acceptors (Lipinski definition) is 7. The summed E-state index contributed by atoms with van der Waals surface area (Å²) in [6.07, 6.45) is 3.13. The molecule has 2 aromatic rings. The average molecular weight is 544 g/mol. The average Bonchev–Trinajstić information content (AvgIpc) is 2.88. The van der Waals surface area contributed by atoms with E-state index in [1.165, 1.54) is 18.7 Å². The minimum absolute atomic E-state index is 0.0153. The molecular formula is C28H41N5O6. The smallest absolute Gasteiger partial charge is 0.326 e. The van der Waals surface area contributed by atoms with Gasteiger partial charge in [0.2, 0.25) is 5.91 Å². The molecule has 39 heavy (non-hydrogen) atoms. The molecule has 11 heteroatoms. The highest BCUT2D eigenvalue weighted by Gasteiger charge is 2.25. The van der Waals surface area contributed by atoms with Gasteiger partial charge < -0.3 is 36.3 Å². The first kappa shape index (κ1) is 31.4. The zero-order valence-corrected chi connectivity index (χ0v) is 23.1. The lowest BCUT2D eigenvalue weighted by atomic mass is 10.0. The van der Waals surface area contributed by atoms with Gasteiger partial charge in [0.25, 0.3) is 0 Å². The Morgan fingerprint density at radius 3 is 2.28 bits per heavy atom. The van der Waals surface area contributed by atoms with Crippen molar-refractivity contribution in [3.63, 3.8) is 0 Å². The van der Waals surface area contributed by atoms with Crippen LogP contribution in [0.2, 0.25) is 0 Å². The molecule has 0 aliphatic carbocycles. The first-order chi connectivity index (χ1) is 18.5. The molecule has 0 spiro atoms. The van der Waals surface area contributed by atoms with Crippen LogP contribution in [-0.4, -0.2) is 65.9 Å². The number of hydrogen-bond donors (Lipinski definition) is 5. The summed E-state index contributed by atoms with van der Waals surface area (Å²) in [7, 11) is 0. The fourth-order valence-corrected chi connectivity index (χ4v) is 3.50. The van der Waals surface area contributed by atoms with Crippen molar-refractivity contribution in [2.24, 2.45) is 5.92 Å². The van der Waals surface area contributed by atoms with Crippen molar-refractivity contribution in [2.75, 3.05) is 25.6 Å². The van der Waals surface area contributed by atoms with Crippen LogP contribution in [0.15, 0.2) is 42.6 Å². The lowest BCUT2D eigenvalue weighted by Crippen LogP contribution is -2.55. The number of nitrogens with zero attached hydrogens (tertiary/aromatic N) is 1. The molecule has 0 aliphatic rings. The highest BCUT2D eigenvalue weighted by Crippen LogP contribution is 2.12. The number of nitrogens with one attached hydrogen (secondary N) is 3. The molecule has 3 amide bonds. The number of nitrogens with two attached hydrogens (primary N) is 1. The summed E-state index contributed by atoms with van der Waals surface area (Å²) in [6, 6.07) is 8.00. The molecule has 214 valence electrons. The molecule has 1 heterocycles. The van der Waals surface area contributed by atoms with Gasteiger partial charge in [-0.05, 0) is 56.4 Å². The zero-order chi connectivity index (χ0) is 28.8. The second-order valence-electron chi connectivity index (χ2n) is 9.83. The molecule has 1 aromatic carbocycles. The lowest BCUT2D eigenvalue weighted by molar-refractivity contribution is -0.139. The minimum Gasteiger partial charge on any atom is -0.494 e. The van der Waals surface area contributed by atoms with Crippen LogP contribution in [-0.2, 0) is 20.7 Å². The number of pyridine rings is 1. The molecule has 0 saturated carbocycles. The number of carboxylic acids is 1. The van der Waals surface area contributed by atoms with Gasteiger partial charge in [0, 0.05) is 19.2 Å². The van der Waals surface area contributed by atoms with Crippen molar-refractivity contribution in [3.05, 3.63) is 53.7 Å². The third-order valence-electron chi connectivity index (χ3n) is 6.03. The van der Waals surface area contributed by atoms with Gasteiger partial charge in [-0.3, -0.25) is 4.79 Å². The summed E-state index contributed by atoms with van der Waals surface area (Å²) in [4.78, 5) is 40.7. The number of urea groups is 1. The van der Waals surface area contributed by atoms with Crippen molar-refractivity contribution in [1.29, 1.82) is 0 Å².